The SMILES string of the molecule is CC(C)COC(=O)C1C2CCC(CC2)N1C(=O)O. The lowest BCUT2D eigenvalue weighted by molar-refractivity contribution is -0.158. The minimum atomic E-state index is -0.990. The number of carbonyl (C=O) groups excluding carboxylic acids is 1. The molecule has 2 heterocycles. The molecular weight excluding hydrogens is 234 g/mol. The van der Waals surface area contributed by atoms with Crippen LogP contribution in [0, 0.1) is 11.8 Å². The highest BCUT2D eigenvalue weighted by atomic mass is 16.5. The van der Waals surface area contributed by atoms with E-state index in [9.17, 15) is 14.7 Å². The van der Waals surface area contributed by atoms with Crippen LogP contribution < -0.4 is 0 Å². The lowest BCUT2D eigenvalue weighted by atomic mass is 9.75. The summed E-state index contributed by atoms with van der Waals surface area (Å²) in [5.41, 5.74) is 0. The van der Waals surface area contributed by atoms with E-state index in [1.807, 2.05) is 13.8 Å². The molecule has 5 heteroatoms. The van der Waals surface area contributed by atoms with E-state index in [2.05, 4.69) is 0 Å². The van der Waals surface area contributed by atoms with Crippen LogP contribution in [0.15, 0.2) is 0 Å². The first-order valence-corrected chi connectivity index (χ1v) is 6.68. The fraction of sp³-hybridized carbons (Fsp3) is 0.846. The summed E-state index contributed by atoms with van der Waals surface area (Å²) in [6.45, 7) is 4.30. The summed E-state index contributed by atoms with van der Waals surface area (Å²) < 4.78 is 5.23. The van der Waals surface area contributed by atoms with Crippen LogP contribution in [-0.2, 0) is 9.53 Å². The average Bonchev–Trinajstić information content (AvgIpc) is 2.36. The number of fused-ring (bicyclic) bond motifs is 3. The second-order valence-corrected chi connectivity index (χ2v) is 5.73. The molecule has 5 nitrogen and oxygen atoms in total. The smallest absolute Gasteiger partial charge is 0.408 e. The molecule has 2 saturated heterocycles. The van der Waals surface area contributed by atoms with Crippen molar-refractivity contribution in [2.75, 3.05) is 6.61 Å². The molecule has 1 N–H and O–H groups in total. The van der Waals surface area contributed by atoms with E-state index >= 15 is 0 Å². The summed E-state index contributed by atoms with van der Waals surface area (Å²) in [7, 11) is 0. The highest BCUT2D eigenvalue weighted by molar-refractivity contribution is 5.82. The maximum absolute atomic E-state index is 12.1. The highest BCUT2D eigenvalue weighted by Gasteiger charge is 2.48. The van der Waals surface area contributed by atoms with Gasteiger partial charge in [0.25, 0.3) is 0 Å². The Bertz CT molecular complexity index is 334. The zero-order valence-corrected chi connectivity index (χ0v) is 11.0. The van der Waals surface area contributed by atoms with Crippen LogP contribution in [-0.4, -0.2) is 40.8 Å². The number of nitrogens with zero attached hydrogens (tertiary/aromatic N) is 1. The first-order valence-electron chi connectivity index (χ1n) is 6.68. The first kappa shape index (κ1) is 13.2. The van der Waals surface area contributed by atoms with Crippen molar-refractivity contribution in [2.45, 2.75) is 51.6 Å². The van der Waals surface area contributed by atoms with Crippen LogP contribution in [0.25, 0.3) is 0 Å². The van der Waals surface area contributed by atoms with Gasteiger partial charge in [-0.2, -0.15) is 0 Å². The third kappa shape index (κ3) is 2.44. The molecule has 0 aromatic rings. The van der Waals surface area contributed by atoms with E-state index in [4.69, 9.17) is 4.74 Å². The summed E-state index contributed by atoms with van der Waals surface area (Å²) >= 11 is 0. The van der Waals surface area contributed by atoms with Crippen molar-refractivity contribution in [1.82, 2.24) is 4.90 Å². The zero-order valence-electron chi connectivity index (χ0n) is 11.0. The normalized spacial score (nSPS) is 30.6. The van der Waals surface area contributed by atoms with Crippen molar-refractivity contribution in [3.63, 3.8) is 0 Å². The number of carbonyl (C=O) groups is 2. The number of carboxylic acid groups (broad SMARTS) is 1. The van der Waals surface area contributed by atoms with Gasteiger partial charge in [0, 0.05) is 6.04 Å². The van der Waals surface area contributed by atoms with Crippen molar-refractivity contribution in [1.29, 1.82) is 0 Å². The van der Waals surface area contributed by atoms with Gasteiger partial charge in [0.15, 0.2) is 0 Å². The molecule has 1 atom stereocenters. The minimum Gasteiger partial charge on any atom is -0.465 e. The highest BCUT2D eigenvalue weighted by Crippen LogP contribution is 2.40. The lowest BCUT2D eigenvalue weighted by Gasteiger charge is -2.48. The Balaban J connectivity index is 2.08. The average molecular weight is 255 g/mol. The molecule has 0 radical (unpaired) electrons. The maximum atomic E-state index is 12.1. The third-order valence-electron chi connectivity index (χ3n) is 3.90. The minimum absolute atomic E-state index is 0.00380. The maximum Gasteiger partial charge on any atom is 0.408 e. The number of piperidine rings is 2. The summed E-state index contributed by atoms with van der Waals surface area (Å²) in [4.78, 5) is 24.7. The number of rotatable bonds is 3. The van der Waals surface area contributed by atoms with Crippen molar-refractivity contribution in [3.05, 3.63) is 0 Å². The van der Waals surface area contributed by atoms with E-state index in [0.29, 0.717) is 6.61 Å². The van der Waals surface area contributed by atoms with Crippen LogP contribution in [0.2, 0.25) is 0 Å². The summed E-state index contributed by atoms with van der Waals surface area (Å²) in [6, 6.07) is -0.571. The van der Waals surface area contributed by atoms with Gasteiger partial charge in [0.2, 0.25) is 0 Å². The number of ether oxygens (including phenoxy) is 1. The van der Waals surface area contributed by atoms with Gasteiger partial charge in [0.05, 0.1) is 6.61 Å². The Morgan fingerprint density at radius 1 is 1.28 bits per heavy atom. The molecule has 3 rings (SSSR count). The molecule has 0 spiro atoms. The van der Waals surface area contributed by atoms with Crippen LogP contribution in [0.1, 0.15) is 39.5 Å². The van der Waals surface area contributed by atoms with Crippen molar-refractivity contribution in [2.24, 2.45) is 11.8 Å². The topological polar surface area (TPSA) is 66.8 Å². The second kappa shape index (κ2) is 5.16. The number of esters is 1. The Labute approximate surface area is 107 Å². The number of amides is 1. The van der Waals surface area contributed by atoms with Gasteiger partial charge in [-0.25, -0.2) is 9.59 Å². The molecule has 18 heavy (non-hydrogen) atoms. The Hall–Kier alpha value is -1.26. The summed E-state index contributed by atoms with van der Waals surface area (Å²) in [5, 5.41) is 9.28. The number of hydrogen-bond donors (Lipinski definition) is 1. The van der Waals surface area contributed by atoms with E-state index < -0.39 is 12.1 Å². The molecule has 3 fully saturated rings. The van der Waals surface area contributed by atoms with Gasteiger partial charge in [0.1, 0.15) is 6.04 Å². The van der Waals surface area contributed by atoms with Crippen molar-refractivity contribution in [3.8, 4) is 0 Å². The quantitative estimate of drug-likeness (QED) is 0.784. The Morgan fingerprint density at radius 3 is 2.39 bits per heavy atom. The molecule has 1 amide bonds. The zero-order chi connectivity index (χ0) is 13.3. The molecule has 0 aromatic carbocycles. The molecule has 0 aromatic heterocycles. The van der Waals surface area contributed by atoms with Gasteiger partial charge in [-0.1, -0.05) is 13.8 Å². The van der Waals surface area contributed by atoms with Gasteiger partial charge in [-0.3, -0.25) is 4.90 Å². The predicted molar refractivity (Wildman–Crippen MR) is 65.2 cm³/mol. The molecule has 1 saturated carbocycles. The van der Waals surface area contributed by atoms with E-state index in [1.165, 1.54) is 4.90 Å². The molecular formula is C13H21NO4. The monoisotopic (exact) mass is 255 g/mol. The predicted octanol–water partition coefficient (Wildman–Crippen LogP) is 2.11. The molecule has 102 valence electrons. The van der Waals surface area contributed by atoms with Crippen LogP contribution >= 0.6 is 0 Å². The lowest BCUT2D eigenvalue weighted by Crippen LogP contribution is -2.60. The van der Waals surface area contributed by atoms with Crippen LogP contribution in [0.3, 0.4) is 0 Å². The van der Waals surface area contributed by atoms with Crippen LogP contribution in [0.5, 0.6) is 0 Å². The van der Waals surface area contributed by atoms with Gasteiger partial charge in [-0.15, -0.1) is 0 Å². The van der Waals surface area contributed by atoms with Gasteiger partial charge >= 0.3 is 12.1 Å². The standard InChI is InChI=1S/C13H21NO4/c1-8(2)7-18-12(15)11-9-3-5-10(6-4-9)14(11)13(16)17/h8-11H,3-7H2,1-2H3,(H,16,17). The fourth-order valence-electron chi connectivity index (χ4n) is 3.07. The molecule has 1 aliphatic carbocycles. The number of hydrogen-bond acceptors (Lipinski definition) is 3. The van der Waals surface area contributed by atoms with E-state index in [1.54, 1.807) is 0 Å². The largest absolute Gasteiger partial charge is 0.465 e. The van der Waals surface area contributed by atoms with E-state index in [0.717, 1.165) is 25.7 Å². The Morgan fingerprint density at radius 2 is 1.89 bits per heavy atom. The molecule has 2 aliphatic heterocycles. The van der Waals surface area contributed by atoms with Crippen LogP contribution in [0.4, 0.5) is 4.79 Å². The second-order valence-electron chi connectivity index (χ2n) is 5.73. The Kier molecular flexibility index (Phi) is 3.78. The fourth-order valence-corrected chi connectivity index (χ4v) is 3.07. The summed E-state index contributed by atoms with van der Waals surface area (Å²) in [6.07, 6.45) is 2.65. The third-order valence-corrected chi connectivity index (χ3v) is 3.90. The van der Waals surface area contributed by atoms with Gasteiger partial charge < -0.3 is 9.84 Å². The molecule has 3 aliphatic rings. The summed E-state index contributed by atoms with van der Waals surface area (Å²) in [5.74, 6) is 0.0549. The van der Waals surface area contributed by atoms with Crippen molar-refractivity contribution >= 4 is 12.1 Å². The first-order chi connectivity index (χ1) is 8.50. The molecule has 1 unspecified atom stereocenters. The van der Waals surface area contributed by atoms with Gasteiger partial charge in [-0.05, 0) is 37.5 Å². The molecule has 2 bridgehead atoms. The van der Waals surface area contributed by atoms with Crippen molar-refractivity contribution < 1.29 is 19.4 Å². The van der Waals surface area contributed by atoms with E-state index in [-0.39, 0.29) is 23.8 Å².